The molecule has 3 rings (SSSR count). The van der Waals surface area contributed by atoms with E-state index in [2.05, 4.69) is 0 Å². The highest BCUT2D eigenvalue weighted by molar-refractivity contribution is 6.03. The third kappa shape index (κ3) is 3.18. The maximum absolute atomic E-state index is 12.7. The minimum absolute atomic E-state index is 0.112. The predicted octanol–water partition coefficient (Wildman–Crippen LogP) is 1.51. The Hall–Kier alpha value is -2.57. The van der Waals surface area contributed by atoms with E-state index in [9.17, 15) is 19.5 Å². The number of para-hydroxylation sites is 2. The van der Waals surface area contributed by atoms with Crippen LogP contribution in [0.1, 0.15) is 26.7 Å². The lowest BCUT2D eigenvalue weighted by molar-refractivity contribution is -0.153. The van der Waals surface area contributed by atoms with Crippen molar-refractivity contribution in [3.8, 4) is 5.75 Å². The van der Waals surface area contributed by atoms with Crippen molar-refractivity contribution < 1.29 is 24.2 Å². The Labute approximate surface area is 146 Å². The van der Waals surface area contributed by atoms with Crippen LogP contribution in [0.5, 0.6) is 5.75 Å². The SMILES string of the molecule is CC1Oc2ccccc2N(CC(=O)N2CCCC(C)(C(=O)O)C2)C1=O. The van der Waals surface area contributed by atoms with E-state index in [0.717, 1.165) is 0 Å². The number of aliphatic carboxylic acids is 1. The van der Waals surface area contributed by atoms with Gasteiger partial charge in [-0.15, -0.1) is 0 Å². The molecule has 2 atom stereocenters. The van der Waals surface area contributed by atoms with Crippen LogP contribution in [0.15, 0.2) is 24.3 Å². The van der Waals surface area contributed by atoms with Crippen molar-refractivity contribution in [3.05, 3.63) is 24.3 Å². The molecule has 134 valence electrons. The molecule has 0 spiro atoms. The van der Waals surface area contributed by atoms with Crippen LogP contribution in [0.25, 0.3) is 0 Å². The first-order valence-corrected chi connectivity index (χ1v) is 8.40. The third-order valence-electron chi connectivity index (χ3n) is 4.93. The van der Waals surface area contributed by atoms with Crippen LogP contribution in [0.3, 0.4) is 0 Å². The van der Waals surface area contributed by atoms with Crippen LogP contribution >= 0.6 is 0 Å². The van der Waals surface area contributed by atoms with Crippen LogP contribution in [0, 0.1) is 5.41 Å². The van der Waals surface area contributed by atoms with E-state index in [4.69, 9.17) is 4.74 Å². The van der Waals surface area contributed by atoms with Crippen molar-refractivity contribution in [2.45, 2.75) is 32.8 Å². The lowest BCUT2D eigenvalue weighted by Crippen LogP contribution is -2.53. The summed E-state index contributed by atoms with van der Waals surface area (Å²) in [7, 11) is 0. The number of ether oxygens (including phenoxy) is 1. The minimum Gasteiger partial charge on any atom is -0.481 e. The fourth-order valence-corrected chi connectivity index (χ4v) is 3.38. The van der Waals surface area contributed by atoms with Crippen molar-refractivity contribution in [1.82, 2.24) is 4.90 Å². The zero-order chi connectivity index (χ0) is 18.2. The summed E-state index contributed by atoms with van der Waals surface area (Å²) in [5, 5.41) is 9.41. The van der Waals surface area contributed by atoms with Gasteiger partial charge in [-0.1, -0.05) is 12.1 Å². The first-order chi connectivity index (χ1) is 11.8. The van der Waals surface area contributed by atoms with E-state index in [1.165, 1.54) is 4.90 Å². The largest absolute Gasteiger partial charge is 0.481 e. The van der Waals surface area contributed by atoms with Gasteiger partial charge in [-0.05, 0) is 38.8 Å². The van der Waals surface area contributed by atoms with E-state index < -0.39 is 17.5 Å². The number of amides is 2. The molecule has 1 fully saturated rings. The zero-order valence-corrected chi connectivity index (χ0v) is 14.4. The Morgan fingerprint density at radius 1 is 1.36 bits per heavy atom. The van der Waals surface area contributed by atoms with Crippen molar-refractivity contribution in [2.75, 3.05) is 24.5 Å². The Morgan fingerprint density at radius 3 is 2.80 bits per heavy atom. The molecule has 1 N–H and O–H groups in total. The van der Waals surface area contributed by atoms with E-state index >= 15 is 0 Å². The molecular weight excluding hydrogens is 324 g/mol. The molecule has 1 saturated heterocycles. The first-order valence-electron chi connectivity index (χ1n) is 8.40. The quantitative estimate of drug-likeness (QED) is 0.896. The summed E-state index contributed by atoms with van der Waals surface area (Å²) in [6, 6.07) is 7.09. The number of anilines is 1. The second-order valence-electron chi connectivity index (χ2n) is 6.94. The zero-order valence-electron chi connectivity index (χ0n) is 14.4. The van der Waals surface area contributed by atoms with Gasteiger partial charge in [0.05, 0.1) is 11.1 Å². The van der Waals surface area contributed by atoms with E-state index in [-0.39, 0.29) is 24.9 Å². The maximum Gasteiger partial charge on any atom is 0.311 e. The summed E-state index contributed by atoms with van der Waals surface area (Å²) in [4.78, 5) is 39.7. The fraction of sp³-hybridized carbons (Fsp3) is 0.500. The van der Waals surface area contributed by atoms with Gasteiger partial charge in [0.15, 0.2) is 6.10 Å². The molecule has 7 heteroatoms. The summed E-state index contributed by atoms with van der Waals surface area (Å²) >= 11 is 0. The number of carbonyl (C=O) groups is 3. The summed E-state index contributed by atoms with van der Waals surface area (Å²) < 4.78 is 5.57. The van der Waals surface area contributed by atoms with Crippen LogP contribution < -0.4 is 9.64 Å². The second kappa shape index (κ2) is 6.38. The number of carboxylic acid groups (broad SMARTS) is 1. The number of fused-ring (bicyclic) bond motifs is 1. The smallest absolute Gasteiger partial charge is 0.311 e. The predicted molar refractivity (Wildman–Crippen MR) is 90.4 cm³/mol. The molecule has 25 heavy (non-hydrogen) atoms. The van der Waals surface area contributed by atoms with Gasteiger partial charge in [0, 0.05) is 13.1 Å². The number of rotatable bonds is 3. The highest BCUT2D eigenvalue weighted by Crippen LogP contribution is 2.34. The molecule has 2 heterocycles. The number of likely N-dealkylation sites (tertiary alicyclic amines) is 1. The number of nitrogens with zero attached hydrogens (tertiary/aromatic N) is 2. The normalized spacial score (nSPS) is 26.0. The number of piperidine rings is 1. The molecular formula is C18H22N2O5. The van der Waals surface area contributed by atoms with Crippen molar-refractivity contribution in [1.29, 1.82) is 0 Å². The molecule has 1 aromatic carbocycles. The third-order valence-corrected chi connectivity index (χ3v) is 4.93. The second-order valence-corrected chi connectivity index (χ2v) is 6.94. The minimum atomic E-state index is -0.936. The molecule has 0 bridgehead atoms. The molecule has 2 unspecified atom stereocenters. The van der Waals surface area contributed by atoms with Gasteiger partial charge in [-0.3, -0.25) is 19.3 Å². The number of hydrogen-bond acceptors (Lipinski definition) is 4. The van der Waals surface area contributed by atoms with Crippen molar-refractivity contribution in [2.24, 2.45) is 5.41 Å². The fourth-order valence-electron chi connectivity index (χ4n) is 3.38. The lowest BCUT2D eigenvalue weighted by atomic mass is 9.82. The number of benzene rings is 1. The summed E-state index contributed by atoms with van der Waals surface area (Å²) in [6.45, 7) is 3.87. The molecule has 0 saturated carbocycles. The maximum atomic E-state index is 12.7. The molecule has 7 nitrogen and oxygen atoms in total. The lowest BCUT2D eigenvalue weighted by Gasteiger charge is -2.39. The monoisotopic (exact) mass is 346 g/mol. The van der Waals surface area contributed by atoms with Gasteiger partial charge < -0.3 is 14.7 Å². The molecule has 0 radical (unpaired) electrons. The van der Waals surface area contributed by atoms with E-state index in [1.54, 1.807) is 36.9 Å². The molecule has 2 amide bonds. The average molecular weight is 346 g/mol. The van der Waals surface area contributed by atoms with Crippen LogP contribution in [0.4, 0.5) is 5.69 Å². The number of carboxylic acids is 1. The van der Waals surface area contributed by atoms with Gasteiger partial charge in [-0.25, -0.2) is 0 Å². The molecule has 1 aromatic rings. The van der Waals surface area contributed by atoms with Gasteiger partial charge in [-0.2, -0.15) is 0 Å². The van der Waals surface area contributed by atoms with Gasteiger partial charge in [0.25, 0.3) is 5.91 Å². The molecule has 0 aromatic heterocycles. The van der Waals surface area contributed by atoms with E-state index in [1.807, 2.05) is 6.07 Å². The number of carbonyl (C=O) groups excluding carboxylic acids is 2. The van der Waals surface area contributed by atoms with Crippen molar-refractivity contribution >= 4 is 23.5 Å². The Kier molecular flexibility index (Phi) is 4.41. The number of hydrogen-bond donors (Lipinski definition) is 1. The van der Waals surface area contributed by atoms with Gasteiger partial charge >= 0.3 is 5.97 Å². The summed E-state index contributed by atoms with van der Waals surface area (Å²) in [5.74, 6) is -0.850. The summed E-state index contributed by atoms with van der Waals surface area (Å²) in [5.41, 5.74) is -0.370. The molecule has 2 aliphatic rings. The molecule has 2 aliphatic heterocycles. The average Bonchev–Trinajstić information content (AvgIpc) is 2.58. The van der Waals surface area contributed by atoms with Gasteiger partial charge in [0.1, 0.15) is 12.3 Å². The van der Waals surface area contributed by atoms with Crippen LogP contribution in [0.2, 0.25) is 0 Å². The Bertz CT molecular complexity index is 719. The first kappa shape index (κ1) is 17.3. The van der Waals surface area contributed by atoms with Crippen LogP contribution in [-0.4, -0.2) is 53.5 Å². The highest BCUT2D eigenvalue weighted by atomic mass is 16.5. The topological polar surface area (TPSA) is 87.2 Å². The summed E-state index contributed by atoms with van der Waals surface area (Å²) in [6.07, 6.45) is 0.523. The molecule has 0 aliphatic carbocycles. The van der Waals surface area contributed by atoms with Crippen LogP contribution in [-0.2, 0) is 14.4 Å². The van der Waals surface area contributed by atoms with E-state index in [0.29, 0.717) is 30.8 Å². The van der Waals surface area contributed by atoms with Gasteiger partial charge in [0.2, 0.25) is 5.91 Å². The Morgan fingerprint density at radius 2 is 2.08 bits per heavy atom. The standard InChI is InChI=1S/C18H22N2O5/c1-12-16(22)20(13-6-3-4-7-14(13)25-12)10-15(21)19-9-5-8-18(2,11-19)17(23)24/h3-4,6-7,12H,5,8-11H2,1-2H3,(H,23,24). The highest BCUT2D eigenvalue weighted by Gasteiger charge is 2.40. The Balaban J connectivity index is 1.78. The van der Waals surface area contributed by atoms with Crippen molar-refractivity contribution in [3.63, 3.8) is 0 Å².